The molecule has 4 heterocycles. The van der Waals surface area contributed by atoms with Crippen LogP contribution in [0.2, 0.25) is 0 Å². The molecule has 2 atom stereocenters. The Balaban J connectivity index is 1.50. The van der Waals surface area contributed by atoms with E-state index in [0.29, 0.717) is 5.92 Å². The van der Waals surface area contributed by atoms with Crippen molar-refractivity contribution in [1.29, 1.82) is 0 Å². The fraction of sp³-hybridized carbons (Fsp3) is 0.769. The van der Waals surface area contributed by atoms with E-state index in [1.165, 1.54) is 24.4 Å². The normalized spacial score (nSPS) is 26.8. The lowest BCUT2D eigenvalue weighted by atomic mass is 10.0. The highest BCUT2D eigenvalue weighted by Crippen LogP contribution is 2.26. The highest BCUT2D eigenvalue weighted by Gasteiger charge is 2.25. The Hall–Kier alpha value is -1.05. The Kier molecular flexibility index (Phi) is 3.41. The minimum atomic E-state index is 0.360. The number of hydrogen-bond acceptors (Lipinski definition) is 6. The predicted octanol–water partition coefficient (Wildman–Crippen LogP) is 1.23. The summed E-state index contributed by atoms with van der Waals surface area (Å²) in [4.78, 5) is 0.923. The first-order valence-corrected chi connectivity index (χ1v) is 8.21. The number of nitrogens with one attached hydrogen (secondary N) is 1. The topological polar surface area (TPSA) is 64.3 Å². The minimum Gasteiger partial charge on any atom is -0.381 e. The third-order valence-corrected chi connectivity index (χ3v) is 5.24. The molecule has 2 aromatic heterocycles. The number of fused-ring (bicyclic) bond motifs is 1. The molecular weight excluding hydrogens is 274 g/mol. The predicted molar refractivity (Wildman–Crippen MR) is 76.1 cm³/mol. The zero-order valence-corrected chi connectivity index (χ0v) is 12.2. The smallest absolute Gasteiger partial charge is 0.234 e. The number of ether oxygens (including phenoxy) is 1. The van der Waals surface area contributed by atoms with E-state index >= 15 is 0 Å². The Labute approximate surface area is 121 Å². The number of rotatable bonds is 4. The first-order valence-electron chi connectivity index (χ1n) is 7.39. The highest BCUT2D eigenvalue weighted by atomic mass is 32.1. The number of aryl methyl sites for hydroxylation is 1. The van der Waals surface area contributed by atoms with Crippen LogP contribution >= 0.6 is 11.3 Å². The van der Waals surface area contributed by atoms with Gasteiger partial charge in [0.2, 0.25) is 4.96 Å². The molecule has 2 aliphatic heterocycles. The monoisotopic (exact) mass is 293 g/mol. The van der Waals surface area contributed by atoms with Gasteiger partial charge in [-0.3, -0.25) is 0 Å². The van der Waals surface area contributed by atoms with Crippen molar-refractivity contribution in [2.75, 3.05) is 26.3 Å². The molecule has 1 N–H and O–H groups in total. The van der Waals surface area contributed by atoms with Crippen molar-refractivity contribution >= 4 is 16.3 Å². The van der Waals surface area contributed by atoms with Crippen LogP contribution in [-0.4, -0.2) is 46.1 Å². The molecule has 0 radical (unpaired) electrons. The maximum absolute atomic E-state index is 5.44. The van der Waals surface area contributed by atoms with Gasteiger partial charge in [0.25, 0.3) is 0 Å². The summed E-state index contributed by atoms with van der Waals surface area (Å²) in [5.41, 5.74) is 0. The van der Waals surface area contributed by atoms with Gasteiger partial charge in [-0.1, -0.05) is 11.3 Å². The lowest BCUT2D eigenvalue weighted by molar-refractivity contribution is 0.193. The van der Waals surface area contributed by atoms with Gasteiger partial charge in [0.1, 0.15) is 5.01 Å². The average Bonchev–Trinajstić information content (AvgIpc) is 3.20. The maximum Gasteiger partial charge on any atom is 0.234 e. The Morgan fingerprint density at radius 2 is 2.35 bits per heavy atom. The quantitative estimate of drug-likeness (QED) is 0.918. The Bertz CT molecular complexity index is 583. The second-order valence-electron chi connectivity index (χ2n) is 5.71. The Morgan fingerprint density at radius 1 is 1.35 bits per heavy atom. The zero-order chi connectivity index (χ0) is 13.4. The minimum absolute atomic E-state index is 0.360. The molecule has 2 aliphatic rings. The van der Waals surface area contributed by atoms with Gasteiger partial charge in [-0.05, 0) is 38.3 Å². The summed E-state index contributed by atoms with van der Waals surface area (Å²) in [6, 6.07) is 0. The van der Waals surface area contributed by atoms with Crippen LogP contribution < -0.4 is 5.32 Å². The second kappa shape index (κ2) is 5.38. The van der Waals surface area contributed by atoms with Crippen LogP contribution in [0.1, 0.15) is 36.0 Å². The molecule has 2 fully saturated rings. The lowest BCUT2D eigenvalue weighted by Gasteiger charge is -2.05. The van der Waals surface area contributed by atoms with E-state index < -0.39 is 0 Å². The van der Waals surface area contributed by atoms with E-state index in [-0.39, 0.29) is 0 Å². The summed E-state index contributed by atoms with van der Waals surface area (Å²) in [6.45, 7) is 3.91. The van der Waals surface area contributed by atoms with Gasteiger partial charge in [0.15, 0.2) is 5.82 Å². The summed E-state index contributed by atoms with van der Waals surface area (Å²) >= 11 is 1.68. The first-order chi connectivity index (χ1) is 9.90. The van der Waals surface area contributed by atoms with Gasteiger partial charge in [0.05, 0.1) is 6.61 Å². The van der Waals surface area contributed by atoms with E-state index in [9.17, 15) is 0 Å². The van der Waals surface area contributed by atoms with Crippen LogP contribution in [0.3, 0.4) is 0 Å². The van der Waals surface area contributed by atoms with Crippen molar-refractivity contribution in [2.45, 2.75) is 31.6 Å². The molecule has 0 aliphatic carbocycles. The van der Waals surface area contributed by atoms with Crippen LogP contribution in [0.5, 0.6) is 0 Å². The highest BCUT2D eigenvalue weighted by molar-refractivity contribution is 7.16. The third-order valence-electron chi connectivity index (χ3n) is 4.28. The molecule has 2 unspecified atom stereocenters. The summed E-state index contributed by atoms with van der Waals surface area (Å²) in [6.07, 6.45) is 4.61. The summed E-state index contributed by atoms with van der Waals surface area (Å²) < 4.78 is 7.38. The van der Waals surface area contributed by atoms with Gasteiger partial charge < -0.3 is 10.1 Å². The largest absolute Gasteiger partial charge is 0.381 e. The Morgan fingerprint density at radius 3 is 3.15 bits per heavy atom. The number of nitrogens with zero attached hydrogens (tertiary/aromatic N) is 4. The van der Waals surface area contributed by atoms with E-state index in [1.54, 1.807) is 11.3 Å². The summed E-state index contributed by atoms with van der Waals surface area (Å²) in [5, 5.41) is 17.9. The molecule has 0 spiro atoms. The molecule has 2 aromatic rings. The maximum atomic E-state index is 5.44. The first kappa shape index (κ1) is 12.7. The average molecular weight is 293 g/mol. The van der Waals surface area contributed by atoms with Crippen LogP contribution in [0, 0.1) is 5.92 Å². The van der Waals surface area contributed by atoms with Gasteiger partial charge in [-0.15, -0.1) is 10.2 Å². The molecule has 4 rings (SSSR count). The van der Waals surface area contributed by atoms with Crippen LogP contribution in [0.4, 0.5) is 0 Å². The SMILES string of the molecule is C1CC(CCc2nn3c(C4CCOC4)nnc3s2)CN1. The summed E-state index contributed by atoms with van der Waals surface area (Å²) in [7, 11) is 0. The molecular formula is C13H19N5OS. The second-order valence-corrected chi connectivity index (χ2v) is 6.75. The van der Waals surface area contributed by atoms with Crippen molar-refractivity contribution in [1.82, 2.24) is 25.1 Å². The van der Waals surface area contributed by atoms with Gasteiger partial charge in [0, 0.05) is 18.9 Å². The van der Waals surface area contributed by atoms with Crippen molar-refractivity contribution < 1.29 is 4.74 Å². The standard InChI is InChI=1S/C13H19N5OS/c1(9-3-5-14-7-9)2-11-17-18-12(10-4-6-19-8-10)15-16-13(18)20-11/h9-10,14H,1-8H2. The molecule has 6 nitrogen and oxygen atoms in total. The van der Waals surface area contributed by atoms with Gasteiger partial charge in [-0.25, -0.2) is 0 Å². The number of aromatic nitrogens is 4. The van der Waals surface area contributed by atoms with Crippen molar-refractivity contribution in [3.63, 3.8) is 0 Å². The molecule has 0 aromatic carbocycles. The van der Waals surface area contributed by atoms with Crippen LogP contribution in [-0.2, 0) is 11.2 Å². The van der Waals surface area contributed by atoms with Crippen molar-refractivity contribution in [3.05, 3.63) is 10.8 Å². The molecule has 108 valence electrons. The van der Waals surface area contributed by atoms with E-state index in [2.05, 4.69) is 15.5 Å². The molecule has 7 heteroatoms. The number of hydrogen-bond donors (Lipinski definition) is 1. The molecule has 2 saturated heterocycles. The van der Waals surface area contributed by atoms with E-state index in [0.717, 1.165) is 49.3 Å². The fourth-order valence-corrected chi connectivity index (χ4v) is 3.91. The molecule has 0 bridgehead atoms. The van der Waals surface area contributed by atoms with Crippen molar-refractivity contribution in [3.8, 4) is 0 Å². The third kappa shape index (κ3) is 2.34. The zero-order valence-electron chi connectivity index (χ0n) is 11.4. The molecule has 0 saturated carbocycles. The van der Waals surface area contributed by atoms with Crippen LogP contribution in [0.25, 0.3) is 4.96 Å². The van der Waals surface area contributed by atoms with Crippen LogP contribution in [0.15, 0.2) is 0 Å². The summed E-state index contributed by atoms with van der Waals surface area (Å²) in [5.74, 6) is 2.15. The van der Waals surface area contributed by atoms with E-state index in [1.807, 2.05) is 4.52 Å². The van der Waals surface area contributed by atoms with E-state index in [4.69, 9.17) is 9.84 Å². The molecule has 0 amide bonds. The lowest BCUT2D eigenvalue weighted by Crippen LogP contribution is -2.09. The van der Waals surface area contributed by atoms with Gasteiger partial charge in [-0.2, -0.15) is 9.61 Å². The molecule has 20 heavy (non-hydrogen) atoms. The fourth-order valence-electron chi connectivity index (χ4n) is 3.05. The van der Waals surface area contributed by atoms with Gasteiger partial charge >= 0.3 is 0 Å². The van der Waals surface area contributed by atoms with Crippen molar-refractivity contribution in [2.24, 2.45) is 5.92 Å².